The van der Waals surface area contributed by atoms with E-state index >= 15 is 0 Å². The van der Waals surface area contributed by atoms with Crippen molar-refractivity contribution in [3.8, 4) is 5.75 Å². The van der Waals surface area contributed by atoms with Crippen LogP contribution in [-0.2, 0) is 0 Å². The summed E-state index contributed by atoms with van der Waals surface area (Å²) in [5.74, 6) is 0.898. The Kier molecular flexibility index (Phi) is 5.16. The highest BCUT2D eigenvalue weighted by atomic mass is 35.5. The molecule has 2 rings (SSSR count). The first-order chi connectivity index (χ1) is 9.61. The first kappa shape index (κ1) is 15.0. The van der Waals surface area contributed by atoms with Gasteiger partial charge in [-0.1, -0.05) is 41.4 Å². The smallest absolute Gasteiger partial charge is 0.124 e. The summed E-state index contributed by atoms with van der Waals surface area (Å²) in [6.45, 7) is 4.71. The highest BCUT2D eigenvalue weighted by molar-refractivity contribution is 6.42. The SMILES string of the molecule is CCOc1ccccc1C(C)Nc1ccc(Cl)c(Cl)c1. The van der Waals surface area contributed by atoms with Gasteiger partial charge in [-0.15, -0.1) is 0 Å². The molecule has 0 amide bonds. The number of ether oxygens (including phenoxy) is 1. The minimum Gasteiger partial charge on any atom is -0.494 e. The lowest BCUT2D eigenvalue weighted by molar-refractivity contribution is 0.335. The van der Waals surface area contributed by atoms with Crippen molar-refractivity contribution in [1.82, 2.24) is 0 Å². The van der Waals surface area contributed by atoms with Crippen LogP contribution in [0.4, 0.5) is 5.69 Å². The van der Waals surface area contributed by atoms with Crippen molar-refractivity contribution in [3.05, 3.63) is 58.1 Å². The molecular weight excluding hydrogens is 293 g/mol. The van der Waals surface area contributed by atoms with Crippen LogP contribution in [0.2, 0.25) is 10.0 Å². The van der Waals surface area contributed by atoms with E-state index in [0.29, 0.717) is 16.7 Å². The summed E-state index contributed by atoms with van der Waals surface area (Å²) in [5.41, 5.74) is 2.04. The van der Waals surface area contributed by atoms with Gasteiger partial charge in [0, 0.05) is 11.3 Å². The Morgan fingerprint density at radius 2 is 1.85 bits per heavy atom. The lowest BCUT2D eigenvalue weighted by atomic mass is 10.1. The van der Waals surface area contributed by atoms with Gasteiger partial charge in [-0.05, 0) is 38.1 Å². The second kappa shape index (κ2) is 6.87. The van der Waals surface area contributed by atoms with Crippen LogP contribution in [0.25, 0.3) is 0 Å². The van der Waals surface area contributed by atoms with Crippen LogP contribution in [0.1, 0.15) is 25.5 Å². The van der Waals surface area contributed by atoms with Crippen LogP contribution in [0.5, 0.6) is 5.75 Å². The quantitative estimate of drug-likeness (QED) is 0.780. The Bertz CT molecular complexity index is 586. The van der Waals surface area contributed by atoms with Gasteiger partial charge in [0.15, 0.2) is 0 Å². The molecule has 1 N–H and O–H groups in total. The van der Waals surface area contributed by atoms with E-state index in [1.807, 2.05) is 37.3 Å². The highest BCUT2D eigenvalue weighted by Gasteiger charge is 2.11. The zero-order valence-electron chi connectivity index (χ0n) is 11.5. The predicted octanol–water partition coefficient (Wildman–Crippen LogP) is 5.57. The Hall–Kier alpha value is -1.38. The Labute approximate surface area is 129 Å². The van der Waals surface area contributed by atoms with E-state index < -0.39 is 0 Å². The fourth-order valence-electron chi connectivity index (χ4n) is 2.04. The number of hydrogen-bond acceptors (Lipinski definition) is 2. The number of anilines is 1. The number of para-hydroxylation sites is 1. The van der Waals surface area contributed by atoms with Gasteiger partial charge in [-0.25, -0.2) is 0 Å². The average molecular weight is 310 g/mol. The molecule has 2 aromatic rings. The molecule has 0 fully saturated rings. The molecule has 0 heterocycles. The summed E-state index contributed by atoms with van der Waals surface area (Å²) < 4.78 is 5.65. The Morgan fingerprint density at radius 3 is 2.55 bits per heavy atom. The van der Waals surface area contributed by atoms with Crippen molar-refractivity contribution in [2.75, 3.05) is 11.9 Å². The number of nitrogens with one attached hydrogen (secondary N) is 1. The summed E-state index contributed by atoms with van der Waals surface area (Å²) in [5, 5.41) is 4.50. The molecule has 106 valence electrons. The molecule has 0 aliphatic heterocycles. The summed E-state index contributed by atoms with van der Waals surface area (Å²) in [4.78, 5) is 0. The molecule has 0 radical (unpaired) electrons. The van der Waals surface area contributed by atoms with E-state index in [4.69, 9.17) is 27.9 Å². The largest absolute Gasteiger partial charge is 0.494 e. The van der Waals surface area contributed by atoms with Crippen LogP contribution < -0.4 is 10.1 Å². The summed E-state index contributed by atoms with van der Waals surface area (Å²) in [7, 11) is 0. The molecule has 20 heavy (non-hydrogen) atoms. The van der Waals surface area contributed by atoms with Crippen molar-refractivity contribution in [3.63, 3.8) is 0 Å². The number of hydrogen-bond donors (Lipinski definition) is 1. The molecule has 0 saturated carbocycles. The van der Waals surface area contributed by atoms with E-state index in [1.54, 1.807) is 6.07 Å². The average Bonchev–Trinajstić information content (AvgIpc) is 2.44. The normalized spacial score (nSPS) is 12.0. The van der Waals surface area contributed by atoms with E-state index in [9.17, 15) is 0 Å². The Morgan fingerprint density at radius 1 is 1.10 bits per heavy atom. The van der Waals surface area contributed by atoms with Gasteiger partial charge >= 0.3 is 0 Å². The van der Waals surface area contributed by atoms with Gasteiger partial charge in [-0.3, -0.25) is 0 Å². The zero-order chi connectivity index (χ0) is 14.5. The second-order valence-corrected chi connectivity index (χ2v) is 5.28. The fourth-order valence-corrected chi connectivity index (χ4v) is 2.34. The van der Waals surface area contributed by atoms with Crippen molar-refractivity contribution in [2.24, 2.45) is 0 Å². The molecule has 2 aromatic carbocycles. The standard InChI is InChI=1S/C16H17Cl2NO/c1-3-20-16-7-5-4-6-13(16)11(2)19-12-8-9-14(17)15(18)10-12/h4-11,19H,3H2,1-2H3. The lowest BCUT2D eigenvalue weighted by Crippen LogP contribution is -2.08. The minimum atomic E-state index is 0.106. The maximum atomic E-state index is 6.03. The lowest BCUT2D eigenvalue weighted by Gasteiger charge is -2.19. The van der Waals surface area contributed by atoms with Crippen molar-refractivity contribution in [2.45, 2.75) is 19.9 Å². The topological polar surface area (TPSA) is 21.3 Å². The summed E-state index contributed by atoms with van der Waals surface area (Å²) in [6.07, 6.45) is 0. The molecule has 1 atom stereocenters. The van der Waals surface area contributed by atoms with Gasteiger partial charge < -0.3 is 10.1 Å². The number of rotatable bonds is 5. The molecule has 0 saturated heterocycles. The molecule has 0 spiro atoms. The maximum absolute atomic E-state index is 6.03. The molecule has 0 aliphatic rings. The van der Waals surface area contributed by atoms with Gasteiger partial charge in [0.05, 0.1) is 22.7 Å². The van der Waals surface area contributed by atoms with Crippen molar-refractivity contribution in [1.29, 1.82) is 0 Å². The van der Waals surface area contributed by atoms with E-state index in [2.05, 4.69) is 18.3 Å². The van der Waals surface area contributed by atoms with Crippen LogP contribution in [0, 0.1) is 0 Å². The predicted molar refractivity (Wildman–Crippen MR) is 86.1 cm³/mol. The van der Waals surface area contributed by atoms with E-state index in [-0.39, 0.29) is 6.04 Å². The second-order valence-electron chi connectivity index (χ2n) is 4.47. The van der Waals surface area contributed by atoms with Gasteiger partial charge in [0.1, 0.15) is 5.75 Å². The zero-order valence-corrected chi connectivity index (χ0v) is 13.0. The molecule has 1 unspecified atom stereocenters. The fraction of sp³-hybridized carbons (Fsp3) is 0.250. The van der Waals surface area contributed by atoms with Crippen LogP contribution >= 0.6 is 23.2 Å². The van der Waals surface area contributed by atoms with Gasteiger partial charge in [0.2, 0.25) is 0 Å². The third kappa shape index (κ3) is 3.59. The number of halogens is 2. The van der Waals surface area contributed by atoms with Crippen LogP contribution in [0.15, 0.2) is 42.5 Å². The van der Waals surface area contributed by atoms with Crippen molar-refractivity contribution < 1.29 is 4.74 Å². The molecule has 0 aromatic heterocycles. The van der Waals surface area contributed by atoms with Gasteiger partial charge in [0.25, 0.3) is 0 Å². The number of benzene rings is 2. The van der Waals surface area contributed by atoms with Gasteiger partial charge in [-0.2, -0.15) is 0 Å². The molecule has 0 aliphatic carbocycles. The van der Waals surface area contributed by atoms with E-state index in [0.717, 1.165) is 17.0 Å². The Balaban J connectivity index is 2.19. The van der Waals surface area contributed by atoms with Crippen molar-refractivity contribution >= 4 is 28.9 Å². The first-order valence-corrected chi connectivity index (χ1v) is 7.30. The minimum absolute atomic E-state index is 0.106. The monoisotopic (exact) mass is 309 g/mol. The molecule has 4 heteroatoms. The van der Waals surface area contributed by atoms with Crippen LogP contribution in [-0.4, -0.2) is 6.61 Å². The first-order valence-electron chi connectivity index (χ1n) is 6.55. The third-order valence-corrected chi connectivity index (χ3v) is 3.73. The maximum Gasteiger partial charge on any atom is 0.124 e. The van der Waals surface area contributed by atoms with E-state index in [1.165, 1.54) is 0 Å². The molecule has 0 bridgehead atoms. The highest BCUT2D eigenvalue weighted by Crippen LogP contribution is 2.30. The molecular formula is C16H17Cl2NO. The summed E-state index contributed by atoms with van der Waals surface area (Å²) in [6, 6.07) is 13.6. The molecule has 2 nitrogen and oxygen atoms in total. The third-order valence-electron chi connectivity index (χ3n) is 2.99. The summed E-state index contributed by atoms with van der Waals surface area (Å²) >= 11 is 11.9. The van der Waals surface area contributed by atoms with Crippen LogP contribution in [0.3, 0.4) is 0 Å².